The Morgan fingerprint density at radius 2 is 2.14 bits per heavy atom. The van der Waals surface area contributed by atoms with Crippen LogP contribution in [0.4, 0.5) is 5.82 Å². The van der Waals surface area contributed by atoms with Crippen molar-refractivity contribution in [1.82, 2.24) is 14.9 Å². The van der Waals surface area contributed by atoms with Crippen LogP contribution in [0.25, 0.3) is 10.9 Å². The van der Waals surface area contributed by atoms with Crippen LogP contribution in [0.2, 0.25) is 0 Å². The van der Waals surface area contributed by atoms with Gasteiger partial charge in [-0.2, -0.15) is 0 Å². The Labute approximate surface area is 130 Å². The van der Waals surface area contributed by atoms with Crippen LogP contribution >= 0.6 is 0 Å². The first-order valence-electron chi connectivity index (χ1n) is 7.16. The normalized spacial score (nSPS) is 10.9. The number of anilines is 1. The Balaban J connectivity index is 2.05. The number of ether oxygens (including phenoxy) is 2. The summed E-state index contributed by atoms with van der Waals surface area (Å²) in [6.45, 7) is 6.14. The summed E-state index contributed by atoms with van der Waals surface area (Å²) in [6.07, 6.45) is 4.24. The van der Waals surface area contributed by atoms with Crippen LogP contribution in [-0.4, -0.2) is 48.7 Å². The van der Waals surface area contributed by atoms with E-state index in [1.54, 1.807) is 7.11 Å². The van der Waals surface area contributed by atoms with Crippen molar-refractivity contribution in [2.75, 3.05) is 39.6 Å². The maximum absolute atomic E-state index is 5.85. The SMILES string of the molecule is C=CCN(C)CCCOc1cc2ncnc(N)c2cc1OC. The number of hydrogen-bond donors (Lipinski definition) is 1. The van der Waals surface area contributed by atoms with Gasteiger partial charge in [0.2, 0.25) is 0 Å². The van der Waals surface area contributed by atoms with E-state index in [0.29, 0.717) is 23.9 Å². The lowest BCUT2D eigenvalue weighted by Gasteiger charge is -2.15. The maximum Gasteiger partial charge on any atom is 0.163 e. The van der Waals surface area contributed by atoms with Gasteiger partial charge in [-0.05, 0) is 19.5 Å². The molecule has 2 N–H and O–H groups in total. The molecule has 22 heavy (non-hydrogen) atoms. The zero-order chi connectivity index (χ0) is 15.9. The number of nitrogens with zero attached hydrogens (tertiary/aromatic N) is 3. The molecule has 0 spiro atoms. The monoisotopic (exact) mass is 302 g/mol. The van der Waals surface area contributed by atoms with Gasteiger partial charge in [-0.1, -0.05) is 6.08 Å². The highest BCUT2D eigenvalue weighted by atomic mass is 16.5. The van der Waals surface area contributed by atoms with E-state index < -0.39 is 0 Å². The molecule has 0 amide bonds. The van der Waals surface area contributed by atoms with Crippen molar-refractivity contribution < 1.29 is 9.47 Å². The van der Waals surface area contributed by atoms with Crippen LogP contribution in [-0.2, 0) is 0 Å². The van der Waals surface area contributed by atoms with Crippen LogP contribution < -0.4 is 15.2 Å². The maximum atomic E-state index is 5.85. The molecule has 118 valence electrons. The Hall–Kier alpha value is -2.34. The molecule has 1 aromatic carbocycles. The second-order valence-electron chi connectivity index (χ2n) is 5.03. The van der Waals surface area contributed by atoms with Crippen molar-refractivity contribution in [1.29, 1.82) is 0 Å². The topological polar surface area (TPSA) is 73.5 Å². The number of nitrogens with two attached hydrogens (primary N) is 1. The molecule has 6 nitrogen and oxygen atoms in total. The number of fused-ring (bicyclic) bond motifs is 1. The van der Waals surface area contributed by atoms with Gasteiger partial charge in [0.05, 0.1) is 19.2 Å². The Kier molecular flexibility index (Phi) is 5.55. The summed E-state index contributed by atoms with van der Waals surface area (Å²) in [6, 6.07) is 3.64. The fourth-order valence-electron chi connectivity index (χ4n) is 2.18. The molecule has 0 bridgehead atoms. The second kappa shape index (κ2) is 7.61. The largest absolute Gasteiger partial charge is 0.493 e. The zero-order valence-corrected chi connectivity index (χ0v) is 13.1. The standard InChI is InChI=1S/C16H22N4O2/c1-4-6-20(2)7-5-8-22-15-10-13-12(9-14(15)21-3)16(17)19-11-18-13/h4,9-11H,1,5-8H2,2-3H3,(H2,17,18,19). The van der Waals surface area contributed by atoms with Gasteiger partial charge in [0.1, 0.15) is 12.1 Å². The summed E-state index contributed by atoms with van der Waals surface area (Å²) in [5, 5.41) is 0.761. The quantitative estimate of drug-likeness (QED) is 0.594. The number of benzene rings is 1. The van der Waals surface area contributed by atoms with E-state index in [-0.39, 0.29) is 0 Å². The van der Waals surface area contributed by atoms with E-state index in [1.165, 1.54) is 6.33 Å². The molecule has 0 aliphatic rings. The molecule has 0 saturated carbocycles. The fraction of sp³-hybridized carbons (Fsp3) is 0.375. The summed E-state index contributed by atoms with van der Waals surface area (Å²) >= 11 is 0. The summed E-state index contributed by atoms with van der Waals surface area (Å²) < 4.78 is 11.2. The predicted octanol–water partition coefficient (Wildman–Crippen LogP) is 2.11. The molecule has 0 radical (unpaired) electrons. The average Bonchev–Trinajstić information content (AvgIpc) is 2.51. The van der Waals surface area contributed by atoms with Gasteiger partial charge in [0.25, 0.3) is 0 Å². The van der Waals surface area contributed by atoms with E-state index in [2.05, 4.69) is 28.5 Å². The smallest absolute Gasteiger partial charge is 0.163 e. The van der Waals surface area contributed by atoms with Gasteiger partial charge >= 0.3 is 0 Å². The molecule has 0 aliphatic carbocycles. The number of hydrogen-bond acceptors (Lipinski definition) is 6. The van der Waals surface area contributed by atoms with Crippen LogP contribution in [0.3, 0.4) is 0 Å². The molecular weight excluding hydrogens is 280 g/mol. The third kappa shape index (κ3) is 3.85. The van der Waals surface area contributed by atoms with Crippen LogP contribution in [0.15, 0.2) is 31.1 Å². The predicted molar refractivity (Wildman–Crippen MR) is 88.3 cm³/mol. The van der Waals surface area contributed by atoms with Gasteiger partial charge < -0.3 is 20.1 Å². The highest BCUT2D eigenvalue weighted by Gasteiger charge is 2.10. The first kappa shape index (κ1) is 16.0. The van der Waals surface area contributed by atoms with Gasteiger partial charge in [0, 0.05) is 24.5 Å². The third-order valence-electron chi connectivity index (χ3n) is 3.33. The van der Waals surface area contributed by atoms with Gasteiger partial charge in [-0.3, -0.25) is 0 Å². The lowest BCUT2D eigenvalue weighted by Crippen LogP contribution is -2.21. The number of methoxy groups -OCH3 is 1. The summed E-state index contributed by atoms with van der Waals surface area (Å²) in [4.78, 5) is 10.4. The van der Waals surface area contributed by atoms with Gasteiger partial charge in [0.15, 0.2) is 11.5 Å². The second-order valence-corrected chi connectivity index (χ2v) is 5.03. The van der Waals surface area contributed by atoms with E-state index in [0.717, 1.165) is 30.4 Å². The summed E-state index contributed by atoms with van der Waals surface area (Å²) in [7, 11) is 3.66. The van der Waals surface area contributed by atoms with Gasteiger partial charge in [-0.25, -0.2) is 9.97 Å². The lowest BCUT2D eigenvalue weighted by molar-refractivity contribution is 0.262. The summed E-state index contributed by atoms with van der Waals surface area (Å²) in [5.74, 6) is 1.73. The first-order valence-corrected chi connectivity index (χ1v) is 7.16. The molecule has 0 atom stereocenters. The minimum Gasteiger partial charge on any atom is -0.493 e. The average molecular weight is 302 g/mol. The first-order chi connectivity index (χ1) is 10.7. The molecule has 2 rings (SSSR count). The highest BCUT2D eigenvalue weighted by Crippen LogP contribution is 2.33. The van der Waals surface area contributed by atoms with E-state index in [4.69, 9.17) is 15.2 Å². The van der Waals surface area contributed by atoms with Gasteiger partial charge in [-0.15, -0.1) is 6.58 Å². The minimum atomic E-state index is 0.431. The molecular formula is C16H22N4O2. The molecule has 0 aliphatic heterocycles. The number of likely N-dealkylation sites (N-methyl/N-ethyl adjacent to an activating group) is 1. The number of nitrogen functional groups attached to an aromatic ring is 1. The van der Waals surface area contributed by atoms with E-state index in [9.17, 15) is 0 Å². The minimum absolute atomic E-state index is 0.431. The summed E-state index contributed by atoms with van der Waals surface area (Å²) in [5.41, 5.74) is 6.59. The van der Waals surface area contributed by atoms with Crippen molar-refractivity contribution in [2.24, 2.45) is 0 Å². The molecule has 0 unspecified atom stereocenters. The molecule has 0 saturated heterocycles. The van der Waals surface area contributed by atoms with E-state index in [1.807, 2.05) is 18.2 Å². The molecule has 1 aromatic heterocycles. The highest BCUT2D eigenvalue weighted by molar-refractivity contribution is 5.90. The number of rotatable bonds is 8. The Morgan fingerprint density at radius 3 is 2.86 bits per heavy atom. The molecule has 6 heteroatoms. The lowest BCUT2D eigenvalue weighted by atomic mass is 10.2. The van der Waals surface area contributed by atoms with Crippen LogP contribution in [0.5, 0.6) is 11.5 Å². The third-order valence-corrected chi connectivity index (χ3v) is 3.33. The van der Waals surface area contributed by atoms with E-state index >= 15 is 0 Å². The molecule has 2 aromatic rings. The van der Waals surface area contributed by atoms with Crippen molar-refractivity contribution in [3.8, 4) is 11.5 Å². The van der Waals surface area contributed by atoms with Crippen molar-refractivity contribution >= 4 is 16.7 Å². The fourth-order valence-corrected chi connectivity index (χ4v) is 2.18. The van der Waals surface area contributed by atoms with Crippen molar-refractivity contribution in [3.63, 3.8) is 0 Å². The zero-order valence-electron chi connectivity index (χ0n) is 13.1. The van der Waals surface area contributed by atoms with Crippen LogP contribution in [0.1, 0.15) is 6.42 Å². The Bertz CT molecular complexity index is 645. The molecule has 1 heterocycles. The number of aromatic nitrogens is 2. The van der Waals surface area contributed by atoms with Crippen molar-refractivity contribution in [2.45, 2.75) is 6.42 Å². The van der Waals surface area contributed by atoms with Crippen molar-refractivity contribution in [3.05, 3.63) is 31.1 Å². The Morgan fingerprint density at radius 1 is 1.32 bits per heavy atom. The molecule has 0 fully saturated rings. The van der Waals surface area contributed by atoms with Crippen LogP contribution in [0, 0.1) is 0 Å².